The maximum Gasteiger partial charge on any atom is 0.407 e. The van der Waals surface area contributed by atoms with Crippen molar-refractivity contribution in [1.29, 1.82) is 0 Å². The molecule has 6 heteroatoms. The molecule has 0 aliphatic carbocycles. The maximum absolute atomic E-state index is 12.3. The number of rotatable bonds is 2. The molecule has 2 amide bonds. The topological polar surface area (TPSA) is 78.9 Å². The van der Waals surface area contributed by atoms with Crippen LogP contribution in [0.2, 0.25) is 0 Å². The fourth-order valence-corrected chi connectivity index (χ4v) is 2.28. The van der Waals surface area contributed by atoms with Crippen LogP contribution < -0.4 is 5.32 Å². The third-order valence-electron chi connectivity index (χ3n) is 3.42. The summed E-state index contributed by atoms with van der Waals surface area (Å²) in [6.07, 6.45) is 0.901. The molecule has 2 N–H and O–H groups in total. The lowest BCUT2D eigenvalue weighted by atomic mass is 10.0. The number of amides is 2. The SMILES string of the molecule is COC(=O)NC1CCN(C(=O)c2ccccc2O)CC1. The minimum atomic E-state index is -0.449. The summed E-state index contributed by atoms with van der Waals surface area (Å²) in [5.74, 6) is -0.188. The summed E-state index contributed by atoms with van der Waals surface area (Å²) in [6, 6.07) is 6.53. The van der Waals surface area contributed by atoms with Crippen molar-refractivity contribution < 1.29 is 19.4 Å². The van der Waals surface area contributed by atoms with Gasteiger partial charge in [-0.1, -0.05) is 12.1 Å². The molecule has 108 valence electrons. The molecule has 0 spiro atoms. The van der Waals surface area contributed by atoms with Gasteiger partial charge in [-0.25, -0.2) is 4.79 Å². The van der Waals surface area contributed by atoms with Gasteiger partial charge in [0.1, 0.15) is 5.75 Å². The second kappa shape index (κ2) is 6.27. The zero-order valence-corrected chi connectivity index (χ0v) is 11.3. The van der Waals surface area contributed by atoms with Crippen molar-refractivity contribution in [2.75, 3.05) is 20.2 Å². The van der Waals surface area contributed by atoms with Gasteiger partial charge in [-0.3, -0.25) is 4.79 Å². The van der Waals surface area contributed by atoms with Crippen LogP contribution in [0.3, 0.4) is 0 Å². The van der Waals surface area contributed by atoms with E-state index in [1.54, 1.807) is 23.1 Å². The summed E-state index contributed by atoms with van der Waals surface area (Å²) in [5, 5.41) is 12.4. The van der Waals surface area contributed by atoms with Crippen molar-refractivity contribution in [2.24, 2.45) is 0 Å². The van der Waals surface area contributed by atoms with E-state index in [1.807, 2.05) is 0 Å². The van der Waals surface area contributed by atoms with E-state index in [-0.39, 0.29) is 17.7 Å². The van der Waals surface area contributed by atoms with Crippen LogP contribution in [0.25, 0.3) is 0 Å². The first-order valence-electron chi connectivity index (χ1n) is 6.53. The van der Waals surface area contributed by atoms with Crippen LogP contribution in [-0.2, 0) is 4.74 Å². The van der Waals surface area contributed by atoms with E-state index in [0.717, 1.165) is 0 Å². The molecule has 0 atom stereocenters. The molecule has 0 saturated carbocycles. The summed E-state index contributed by atoms with van der Waals surface area (Å²) >= 11 is 0. The number of phenolic OH excluding ortho intramolecular Hbond substituents is 1. The number of phenols is 1. The Morgan fingerprint density at radius 1 is 1.30 bits per heavy atom. The number of aromatic hydroxyl groups is 1. The number of alkyl carbamates (subject to hydrolysis) is 1. The van der Waals surface area contributed by atoms with Crippen molar-refractivity contribution in [1.82, 2.24) is 10.2 Å². The van der Waals surface area contributed by atoms with Crippen molar-refractivity contribution in [3.63, 3.8) is 0 Å². The molecule has 20 heavy (non-hydrogen) atoms. The predicted molar refractivity (Wildman–Crippen MR) is 72.6 cm³/mol. The van der Waals surface area contributed by atoms with Crippen molar-refractivity contribution in [2.45, 2.75) is 18.9 Å². The van der Waals surface area contributed by atoms with Crippen molar-refractivity contribution >= 4 is 12.0 Å². The van der Waals surface area contributed by atoms with Crippen LogP contribution in [0.1, 0.15) is 23.2 Å². The molecule has 0 aromatic heterocycles. The highest BCUT2D eigenvalue weighted by Crippen LogP contribution is 2.20. The van der Waals surface area contributed by atoms with Crippen LogP contribution in [0.5, 0.6) is 5.75 Å². The Bertz CT molecular complexity index is 496. The first-order valence-corrected chi connectivity index (χ1v) is 6.53. The molecule has 6 nitrogen and oxygen atoms in total. The van der Waals surface area contributed by atoms with E-state index in [1.165, 1.54) is 13.2 Å². The standard InChI is InChI=1S/C14H18N2O4/c1-20-14(19)15-10-6-8-16(9-7-10)13(18)11-4-2-3-5-12(11)17/h2-5,10,17H,6-9H2,1H3,(H,15,19). The van der Waals surface area contributed by atoms with Gasteiger partial charge in [-0.05, 0) is 25.0 Å². The summed E-state index contributed by atoms with van der Waals surface area (Å²) in [7, 11) is 1.33. The van der Waals surface area contributed by atoms with Crippen molar-refractivity contribution in [3.8, 4) is 5.75 Å². The summed E-state index contributed by atoms with van der Waals surface area (Å²) in [5.41, 5.74) is 0.312. The molecule has 1 saturated heterocycles. The Hall–Kier alpha value is -2.24. The Balaban J connectivity index is 1.92. The Kier molecular flexibility index (Phi) is 4.45. The van der Waals surface area contributed by atoms with E-state index >= 15 is 0 Å². The van der Waals surface area contributed by atoms with Crippen LogP contribution in [0.15, 0.2) is 24.3 Å². The third kappa shape index (κ3) is 3.20. The van der Waals surface area contributed by atoms with E-state index in [2.05, 4.69) is 10.1 Å². The highest BCUT2D eigenvalue weighted by atomic mass is 16.5. The van der Waals surface area contributed by atoms with Gasteiger partial charge in [-0.2, -0.15) is 0 Å². The van der Waals surface area contributed by atoms with Gasteiger partial charge in [0.2, 0.25) is 0 Å². The van der Waals surface area contributed by atoms with Crippen molar-refractivity contribution in [3.05, 3.63) is 29.8 Å². The molecule has 1 aliphatic heterocycles. The number of likely N-dealkylation sites (tertiary alicyclic amines) is 1. The number of para-hydroxylation sites is 1. The second-order valence-electron chi connectivity index (χ2n) is 4.72. The zero-order chi connectivity index (χ0) is 14.5. The van der Waals surface area contributed by atoms with Gasteiger partial charge in [0, 0.05) is 19.1 Å². The Morgan fingerprint density at radius 3 is 2.55 bits per heavy atom. The van der Waals surface area contributed by atoms with Crippen LogP contribution in [0.4, 0.5) is 4.79 Å². The number of nitrogens with zero attached hydrogens (tertiary/aromatic N) is 1. The van der Waals surface area contributed by atoms with Gasteiger partial charge in [0.05, 0.1) is 12.7 Å². The molecule has 0 bridgehead atoms. The van der Waals surface area contributed by atoms with Crippen LogP contribution in [0, 0.1) is 0 Å². The number of ether oxygens (including phenoxy) is 1. The molecule has 0 radical (unpaired) electrons. The molecule has 1 heterocycles. The summed E-state index contributed by atoms with van der Waals surface area (Å²) < 4.78 is 4.55. The molecular formula is C14H18N2O4. The smallest absolute Gasteiger partial charge is 0.407 e. The predicted octanol–water partition coefficient (Wildman–Crippen LogP) is 1.35. The number of hydrogen-bond acceptors (Lipinski definition) is 4. The third-order valence-corrected chi connectivity index (χ3v) is 3.42. The minimum absolute atomic E-state index is 0.00712. The first kappa shape index (κ1) is 14.2. The number of carbonyl (C=O) groups is 2. The lowest BCUT2D eigenvalue weighted by Crippen LogP contribution is -2.46. The number of nitrogens with one attached hydrogen (secondary N) is 1. The Morgan fingerprint density at radius 2 is 1.95 bits per heavy atom. The van der Waals surface area contributed by atoms with Gasteiger partial charge < -0.3 is 20.1 Å². The van der Waals surface area contributed by atoms with Gasteiger partial charge in [0.15, 0.2) is 0 Å². The maximum atomic E-state index is 12.3. The highest BCUT2D eigenvalue weighted by molar-refractivity contribution is 5.96. The van der Waals surface area contributed by atoms with E-state index < -0.39 is 6.09 Å². The lowest BCUT2D eigenvalue weighted by Gasteiger charge is -2.32. The normalized spacial score (nSPS) is 15.8. The van der Waals surface area contributed by atoms with Gasteiger partial charge in [-0.15, -0.1) is 0 Å². The fraction of sp³-hybridized carbons (Fsp3) is 0.429. The number of hydrogen-bond donors (Lipinski definition) is 2. The van der Waals surface area contributed by atoms with Crippen LogP contribution >= 0.6 is 0 Å². The average molecular weight is 278 g/mol. The highest BCUT2D eigenvalue weighted by Gasteiger charge is 2.25. The largest absolute Gasteiger partial charge is 0.507 e. The first-order chi connectivity index (χ1) is 9.61. The van der Waals surface area contributed by atoms with Gasteiger partial charge >= 0.3 is 6.09 Å². The monoisotopic (exact) mass is 278 g/mol. The molecule has 1 fully saturated rings. The summed E-state index contributed by atoms with van der Waals surface area (Å²) in [4.78, 5) is 25.1. The van der Waals surface area contributed by atoms with E-state index in [9.17, 15) is 14.7 Å². The van der Waals surface area contributed by atoms with Gasteiger partial charge in [0.25, 0.3) is 5.91 Å². The summed E-state index contributed by atoms with van der Waals surface area (Å²) in [6.45, 7) is 1.09. The fourth-order valence-electron chi connectivity index (χ4n) is 2.28. The number of benzene rings is 1. The minimum Gasteiger partial charge on any atom is -0.507 e. The van der Waals surface area contributed by atoms with Crippen LogP contribution in [-0.4, -0.2) is 48.2 Å². The molecule has 0 unspecified atom stereocenters. The lowest BCUT2D eigenvalue weighted by molar-refractivity contribution is 0.0701. The van der Waals surface area contributed by atoms with E-state index in [0.29, 0.717) is 31.5 Å². The number of methoxy groups -OCH3 is 1. The number of carbonyl (C=O) groups excluding carboxylic acids is 2. The molecule has 1 aromatic carbocycles. The second-order valence-corrected chi connectivity index (χ2v) is 4.72. The number of piperidine rings is 1. The quantitative estimate of drug-likeness (QED) is 0.856. The molecular weight excluding hydrogens is 260 g/mol. The average Bonchev–Trinajstić information content (AvgIpc) is 2.47. The van der Waals surface area contributed by atoms with E-state index in [4.69, 9.17) is 0 Å². The Labute approximate surface area is 117 Å². The molecule has 1 aromatic rings. The zero-order valence-electron chi connectivity index (χ0n) is 11.3. The molecule has 1 aliphatic rings. The molecule has 2 rings (SSSR count).